The number of hydrogen-bond acceptors (Lipinski definition) is 4. The molecule has 3 aliphatic rings. The fraction of sp³-hybridized carbons (Fsp3) is 0.667. The number of thiophene rings is 1. The van der Waals surface area contributed by atoms with Crippen molar-refractivity contribution in [1.82, 2.24) is 5.32 Å². The standard InChI is InChI=1S/C18H23N3OS/c19-9-15-12-6-7-20-10-16(12)23-18(15)21-17(22)14-8-13(14)11-4-2-1-3-5-11/h11,13-14,20H,1-8,10H2,(H,21,22). The zero-order chi connectivity index (χ0) is 15.8. The molecular formula is C18H23N3OS. The van der Waals surface area contributed by atoms with Gasteiger partial charge in [-0.3, -0.25) is 4.79 Å². The first-order valence-electron chi connectivity index (χ1n) is 8.84. The van der Waals surface area contributed by atoms with Crippen molar-refractivity contribution in [3.63, 3.8) is 0 Å². The first-order chi connectivity index (χ1) is 11.3. The molecule has 1 amide bonds. The van der Waals surface area contributed by atoms with Crippen molar-refractivity contribution < 1.29 is 4.79 Å². The molecule has 4 rings (SSSR count). The normalized spacial score (nSPS) is 27.1. The highest BCUT2D eigenvalue weighted by Crippen LogP contribution is 2.50. The van der Waals surface area contributed by atoms with E-state index in [0.717, 1.165) is 42.4 Å². The highest BCUT2D eigenvalue weighted by molar-refractivity contribution is 7.16. The van der Waals surface area contributed by atoms with Crippen LogP contribution in [0.5, 0.6) is 0 Å². The molecule has 2 saturated carbocycles. The van der Waals surface area contributed by atoms with Crippen LogP contribution in [0.15, 0.2) is 0 Å². The number of carbonyl (C=O) groups excluding carboxylic acids is 1. The molecule has 122 valence electrons. The molecule has 2 aliphatic carbocycles. The Kier molecular flexibility index (Phi) is 4.13. The Morgan fingerprint density at radius 3 is 2.91 bits per heavy atom. The fourth-order valence-electron chi connectivity index (χ4n) is 4.35. The summed E-state index contributed by atoms with van der Waals surface area (Å²) in [7, 11) is 0. The third-order valence-corrected chi connectivity index (χ3v) is 6.86. The van der Waals surface area contributed by atoms with E-state index in [1.807, 2.05) is 0 Å². The van der Waals surface area contributed by atoms with Gasteiger partial charge in [0.25, 0.3) is 0 Å². The Labute approximate surface area is 141 Å². The average molecular weight is 329 g/mol. The maximum atomic E-state index is 12.6. The molecule has 2 atom stereocenters. The highest BCUT2D eigenvalue weighted by Gasteiger charge is 2.47. The number of nitrogens with one attached hydrogen (secondary N) is 2. The van der Waals surface area contributed by atoms with Gasteiger partial charge in [-0.05, 0) is 36.8 Å². The van der Waals surface area contributed by atoms with Crippen LogP contribution in [0, 0.1) is 29.1 Å². The minimum absolute atomic E-state index is 0.142. The van der Waals surface area contributed by atoms with Crippen molar-refractivity contribution in [1.29, 1.82) is 5.26 Å². The second-order valence-electron chi connectivity index (χ2n) is 7.14. The lowest BCUT2D eigenvalue weighted by molar-refractivity contribution is -0.117. The van der Waals surface area contributed by atoms with Gasteiger partial charge in [0.15, 0.2) is 0 Å². The number of fused-ring (bicyclic) bond motifs is 1. The fourth-order valence-corrected chi connectivity index (χ4v) is 5.52. The maximum absolute atomic E-state index is 12.6. The van der Waals surface area contributed by atoms with Gasteiger partial charge in [-0.1, -0.05) is 32.1 Å². The minimum Gasteiger partial charge on any atom is -0.316 e. The maximum Gasteiger partial charge on any atom is 0.228 e. The van der Waals surface area contributed by atoms with Gasteiger partial charge in [-0.2, -0.15) is 5.26 Å². The summed E-state index contributed by atoms with van der Waals surface area (Å²) in [5, 5.41) is 16.7. The molecule has 1 aromatic heterocycles. The van der Waals surface area contributed by atoms with E-state index in [0.29, 0.717) is 11.5 Å². The summed E-state index contributed by atoms with van der Waals surface area (Å²) in [4.78, 5) is 13.8. The number of carbonyl (C=O) groups is 1. The van der Waals surface area contributed by atoms with Gasteiger partial charge in [0.05, 0.1) is 5.56 Å². The Morgan fingerprint density at radius 2 is 2.13 bits per heavy atom. The lowest BCUT2D eigenvalue weighted by Crippen LogP contribution is -2.22. The Bertz CT molecular complexity index is 654. The van der Waals surface area contributed by atoms with Crippen molar-refractivity contribution in [3.05, 3.63) is 16.0 Å². The third-order valence-electron chi connectivity index (χ3n) is 5.71. The summed E-state index contributed by atoms with van der Waals surface area (Å²) < 4.78 is 0. The number of hydrogen-bond donors (Lipinski definition) is 2. The van der Waals surface area contributed by atoms with Gasteiger partial charge >= 0.3 is 0 Å². The molecule has 0 spiro atoms. The summed E-state index contributed by atoms with van der Waals surface area (Å²) in [6.45, 7) is 1.73. The van der Waals surface area contributed by atoms with Crippen molar-refractivity contribution in [2.75, 3.05) is 11.9 Å². The van der Waals surface area contributed by atoms with Gasteiger partial charge in [-0.25, -0.2) is 0 Å². The van der Waals surface area contributed by atoms with Gasteiger partial charge < -0.3 is 10.6 Å². The summed E-state index contributed by atoms with van der Waals surface area (Å²) in [5.74, 6) is 1.68. The molecule has 4 nitrogen and oxygen atoms in total. The van der Waals surface area contributed by atoms with Gasteiger partial charge in [-0.15, -0.1) is 11.3 Å². The minimum atomic E-state index is 0.142. The number of nitrogens with zero attached hydrogens (tertiary/aromatic N) is 1. The quantitative estimate of drug-likeness (QED) is 0.893. The lowest BCUT2D eigenvalue weighted by atomic mass is 9.85. The van der Waals surface area contributed by atoms with Crippen LogP contribution in [-0.2, 0) is 17.8 Å². The van der Waals surface area contributed by atoms with Gasteiger partial charge in [0, 0.05) is 17.3 Å². The SMILES string of the molecule is N#Cc1c(NC(=O)C2CC2C2CCCCC2)sc2c1CCNC2. The number of rotatable bonds is 3. The number of nitriles is 1. The van der Waals surface area contributed by atoms with E-state index in [1.54, 1.807) is 11.3 Å². The van der Waals surface area contributed by atoms with E-state index in [4.69, 9.17) is 0 Å². The van der Waals surface area contributed by atoms with Gasteiger partial charge in [0.2, 0.25) is 5.91 Å². The Balaban J connectivity index is 1.44. The molecule has 2 unspecified atom stereocenters. The second-order valence-corrected chi connectivity index (χ2v) is 8.25. The second kappa shape index (κ2) is 6.26. The molecule has 2 N–H and O–H groups in total. The van der Waals surface area contributed by atoms with Crippen LogP contribution in [0.25, 0.3) is 0 Å². The highest BCUT2D eigenvalue weighted by atomic mass is 32.1. The van der Waals surface area contributed by atoms with Crippen LogP contribution >= 0.6 is 11.3 Å². The van der Waals surface area contributed by atoms with Crippen LogP contribution in [0.2, 0.25) is 0 Å². The molecule has 0 bridgehead atoms. The van der Waals surface area contributed by atoms with E-state index in [2.05, 4.69) is 16.7 Å². The molecule has 2 fully saturated rings. The average Bonchev–Trinajstić information content (AvgIpc) is 3.31. The largest absolute Gasteiger partial charge is 0.316 e. The van der Waals surface area contributed by atoms with Crippen molar-refractivity contribution >= 4 is 22.2 Å². The third kappa shape index (κ3) is 2.90. The summed E-state index contributed by atoms with van der Waals surface area (Å²) >= 11 is 1.58. The first-order valence-corrected chi connectivity index (χ1v) is 9.66. The topological polar surface area (TPSA) is 64.9 Å². The zero-order valence-corrected chi connectivity index (χ0v) is 14.2. The number of amides is 1. The molecular weight excluding hydrogens is 306 g/mol. The summed E-state index contributed by atoms with van der Waals surface area (Å²) in [6.07, 6.45) is 8.56. The molecule has 5 heteroatoms. The van der Waals surface area contributed by atoms with E-state index in [9.17, 15) is 10.1 Å². The van der Waals surface area contributed by atoms with Crippen LogP contribution < -0.4 is 10.6 Å². The Hall–Kier alpha value is -1.38. The van der Waals surface area contributed by atoms with Crippen LogP contribution in [0.1, 0.15) is 54.5 Å². The smallest absolute Gasteiger partial charge is 0.228 e. The molecule has 2 heterocycles. The predicted molar refractivity (Wildman–Crippen MR) is 91.2 cm³/mol. The molecule has 1 aliphatic heterocycles. The van der Waals surface area contributed by atoms with E-state index < -0.39 is 0 Å². The molecule has 0 radical (unpaired) electrons. The molecule has 23 heavy (non-hydrogen) atoms. The van der Waals surface area contributed by atoms with Crippen molar-refractivity contribution in [2.24, 2.45) is 17.8 Å². The van der Waals surface area contributed by atoms with Gasteiger partial charge in [0.1, 0.15) is 11.1 Å². The molecule has 0 saturated heterocycles. The van der Waals surface area contributed by atoms with Crippen LogP contribution in [-0.4, -0.2) is 12.5 Å². The van der Waals surface area contributed by atoms with Crippen LogP contribution in [0.4, 0.5) is 5.00 Å². The zero-order valence-electron chi connectivity index (χ0n) is 13.4. The Morgan fingerprint density at radius 1 is 1.30 bits per heavy atom. The van der Waals surface area contributed by atoms with E-state index >= 15 is 0 Å². The first kappa shape index (κ1) is 15.2. The van der Waals surface area contributed by atoms with E-state index in [-0.39, 0.29) is 11.8 Å². The molecule has 1 aromatic rings. The van der Waals surface area contributed by atoms with E-state index in [1.165, 1.54) is 37.0 Å². The van der Waals surface area contributed by atoms with Crippen molar-refractivity contribution in [2.45, 2.75) is 51.5 Å². The predicted octanol–water partition coefficient (Wildman–Crippen LogP) is 3.42. The number of anilines is 1. The van der Waals surface area contributed by atoms with Crippen molar-refractivity contribution in [3.8, 4) is 6.07 Å². The monoisotopic (exact) mass is 329 g/mol. The summed E-state index contributed by atoms with van der Waals surface area (Å²) in [6, 6.07) is 2.31. The van der Waals surface area contributed by atoms with Crippen LogP contribution in [0.3, 0.4) is 0 Å². The molecule has 0 aromatic carbocycles. The summed E-state index contributed by atoms with van der Waals surface area (Å²) in [5.41, 5.74) is 1.85. The lowest BCUT2D eigenvalue weighted by Gasteiger charge is -2.21.